The second-order valence-electron chi connectivity index (χ2n) is 5.90. The molecule has 0 fully saturated rings. The van der Waals surface area contributed by atoms with Gasteiger partial charge in [-0.2, -0.15) is 12.7 Å². The van der Waals surface area contributed by atoms with Crippen molar-refractivity contribution in [1.29, 1.82) is 0 Å². The van der Waals surface area contributed by atoms with E-state index in [0.717, 1.165) is 24.0 Å². The van der Waals surface area contributed by atoms with Crippen LogP contribution in [0, 0.1) is 0 Å². The first-order valence-corrected chi connectivity index (χ1v) is 9.79. The number of nitrogens with one attached hydrogen (secondary N) is 1. The highest BCUT2D eigenvalue weighted by atomic mass is 32.2. The predicted octanol–water partition coefficient (Wildman–Crippen LogP) is 3.38. The minimum Gasteiger partial charge on any atom is -0.201 e. The van der Waals surface area contributed by atoms with Crippen LogP contribution in [0.2, 0.25) is 0 Å². The van der Waals surface area contributed by atoms with Crippen molar-refractivity contribution in [2.75, 3.05) is 20.1 Å². The summed E-state index contributed by atoms with van der Waals surface area (Å²) in [6, 6.07) is 20.0. The van der Waals surface area contributed by atoms with Crippen molar-refractivity contribution in [3.05, 3.63) is 71.8 Å². The second-order valence-corrected chi connectivity index (χ2v) is 7.76. The fourth-order valence-corrected chi connectivity index (χ4v) is 3.57. The zero-order valence-corrected chi connectivity index (χ0v) is 15.2. The fraction of sp³-hybridized carbons (Fsp3) is 0.368. The Hall–Kier alpha value is -1.69. The Labute approximate surface area is 145 Å². The van der Waals surface area contributed by atoms with Gasteiger partial charge in [0.05, 0.1) is 0 Å². The molecular formula is C19H26N2O2S. The highest BCUT2D eigenvalue weighted by Crippen LogP contribution is 2.24. The van der Waals surface area contributed by atoms with E-state index in [1.54, 1.807) is 7.05 Å². The molecule has 2 rings (SSSR count). The van der Waals surface area contributed by atoms with Crippen molar-refractivity contribution in [3.63, 3.8) is 0 Å². The maximum absolute atomic E-state index is 12.4. The van der Waals surface area contributed by atoms with Gasteiger partial charge < -0.3 is 0 Å². The summed E-state index contributed by atoms with van der Waals surface area (Å²) >= 11 is 0. The van der Waals surface area contributed by atoms with Gasteiger partial charge in [-0.25, -0.2) is 4.72 Å². The highest BCUT2D eigenvalue weighted by molar-refractivity contribution is 7.87. The first-order valence-electron chi connectivity index (χ1n) is 8.35. The third kappa shape index (κ3) is 5.16. The molecule has 0 heterocycles. The Kier molecular flexibility index (Phi) is 6.97. The molecule has 0 aromatic heterocycles. The van der Waals surface area contributed by atoms with Crippen LogP contribution in [0.5, 0.6) is 0 Å². The molecule has 24 heavy (non-hydrogen) atoms. The van der Waals surface area contributed by atoms with Crippen LogP contribution in [-0.4, -0.2) is 32.9 Å². The summed E-state index contributed by atoms with van der Waals surface area (Å²) < 4.78 is 29.0. The van der Waals surface area contributed by atoms with Crippen LogP contribution in [0.15, 0.2) is 60.7 Å². The van der Waals surface area contributed by atoms with Gasteiger partial charge in [-0.1, -0.05) is 74.0 Å². The molecule has 0 bridgehead atoms. The van der Waals surface area contributed by atoms with Gasteiger partial charge in [0.25, 0.3) is 10.2 Å². The number of unbranched alkanes of at least 4 members (excludes halogenated alkanes) is 1. The number of nitrogens with zero attached hydrogens (tertiary/aromatic N) is 1. The lowest BCUT2D eigenvalue weighted by atomic mass is 9.92. The summed E-state index contributed by atoms with van der Waals surface area (Å²) in [4.78, 5) is 0. The van der Waals surface area contributed by atoms with Crippen LogP contribution >= 0.6 is 0 Å². The van der Waals surface area contributed by atoms with Gasteiger partial charge in [-0.05, 0) is 17.5 Å². The zero-order valence-electron chi connectivity index (χ0n) is 14.4. The Balaban J connectivity index is 2.15. The Morgan fingerprint density at radius 2 is 1.46 bits per heavy atom. The molecule has 0 spiro atoms. The third-order valence-electron chi connectivity index (χ3n) is 4.11. The molecule has 0 unspecified atom stereocenters. The van der Waals surface area contributed by atoms with Gasteiger partial charge in [0.2, 0.25) is 0 Å². The van der Waals surface area contributed by atoms with Gasteiger partial charge in [-0.15, -0.1) is 0 Å². The summed E-state index contributed by atoms with van der Waals surface area (Å²) in [5.74, 6) is -0.0123. The maximum atomic E-state index is 12.4. The molecule has 0 saturated heterocycles. The molecule has 0 aliphatic carbocycles. The van der Waals surface area contributed by atoms with Crippen LogP contribution in [0.1, 0.15) is 36.8 Å². The lowest BCUT2D eigenvalue weighted by molar-refractivity contribution is 0.447. The highest BCUT2D eigenvalue weighted by Gasteiger charge is 2.21. The van der Waals surface area contributed by atoms with E-state index < -0.39 is 10.2 Å². The molecule has 0 radical (unpaired) electrons. The summed E-state index contributed by atoms with van der Waals surface area (Å²) in [5, 5.41) is 0. The van der Waals surface area contributed by atoms with Crippen molar-refractivity contribution in [2.24, 2.45) is 0 Å². The average Bonchev–Trinajstić information content (AvgIpc) is 2.61. The molecule has 0 aliphatic heterocycles. The molecule has 4 nitrogen and oxygen atoms in total. The van der Waals surface area contributed by atoms with E-state index in [-0.39, 0.29) is 5.92 Å². The van der Waals surface area contributed by atoms with Crippen molar-refractivity contribution < 1.29 is 8.42 Å². The normalized spacial score (nSPS) is 12.0. The standard InChI is InChI=1S/C19H26N2O2S/c1-3-4-15-21(2)24(22,23)20-16-19(17-11-7-5-8-12-17)18-13-9-6-10-14-18/h5-14,19-20H,3-4,15-16H2,1-2H3. The lowest BCUT2D eigenvalue weighted by Crippen LogP contribution is -2.40. The number of benzene rings is 2. The van der Waals surface area contributed by atoms with Gasteiger partial charge in [0.15, 0.2) is 0 Å². The summed E-state index contributed by atoms with van der Waals surface area (Å²) in [5.41, 5.74) is 2.20. The average molecular weight is 346 g/mol. The molecule has 130 valence electrons. The second kappa shape index (κ2) is 8.97. The van der Waals surface area contributed by atoms with Crippen LogP contribution < -0.4 is 4.72 Å². The zero-order chi connectivity index (χ0) is 17.4. The van der Waals surface area contributed by atoms with Crippen molar-refractivity contribution in [2.45, 2.75) is 25.7 Å². The van der Waals surface area contributed by atoms with Crippen molar-refractivity contribution >= 4 is 10.2 Å². The maximum Gasteiger partial charge on any atom is 0.279 e. The van der Waals surface area contributed by atoms with Crippen LogP contribution in [0.4, 0.5) is 0 Å². The summed E-state index contributed by atoms with van der Waals surface area (Å²) in [7, 11) is -1.84. The number of hydrogen-bond acceptors (Lipinski definition) is 2. The van der Waals surface area contributed by atoms with E-state index in [9.17, 15) is 8.42 Å². The molecule has 0 saturated carbocycles. The van der Waals surface area contributed by atoms with E-state index in [1.807, 2.05) is 60.7 Å². The van der Waals surface area contributed by atoms with E-state index in [0.29, 0.717) is 13.1 Å². The smallest absolute Gasteiger partial charge is 0.201 e. The van der Waals surface area contributed by atoms with E-state index >= 15 is 0 Å². The molecule has 2 aromatic rings. The fourth-order valence-electron chi connectivity index (χ4n) is 2.60. The predicted molar refractivity (Wildman–Crippen MR) is 99.2 cm³/mol. The summed E-state index contributed by atoms with van der Waals surface area (Å²) in [6.07, 6.45) is 1.83. The van der Waals surface area contributed by atoms with Crippen LogP contribution in [-0.2, 0) is 10.2 Å². The molecule has 0 amide bonds. The Bertz CT molecular complexity index is 663. The quantitative estimate of drug-likeness (QED) is 0.757. The SMILES string of the molecule is CCCCN(C)S(=O)(=O)NCC(c1ccccc1)c1ccccc1. The van der Waals surface area contributed by atoms with Gasteiger partial charge in [0.1, 0.15) is 0 Å². The summed E-state index contributed by atoms with van der Waals surface area (Å²) in [6.45, 7) is 2.93. The monoisotopic (exact) mass is 346 g/mol. The minimum atomic E-state index is -3.46. The largest absolute Gasteiger partial charge is 0.279 e. The Morgan fingerprint density at radius 3 is 1.92 bits per heavy atom. The van der Waals surface area contributed by atoms with Crippen molar-refractivity contribution in [3.8, 4) is 0 Å². The third-order valence-corrected chi connectivity index (χ3v) is 5.65. The van der Waals surface area contributed by atoms with Crippen molar-refractivity contribution in [1.82, 2.24) is 9.03 Å². The first kappa shape index (κ1) is 18.6. The molecule has 5 heteroatoms. The van der Waals surface area contributed by atoms with Crippen LogP contribution in [0.3, 0.4) is 0 Å². The minimum absolute atomic E-state index is 0.0123. The van der Waals surface area contributed by atoms with E-state index in [4.69, 9.17) is 0 Å². The van der Waals surface area contributed by atoms with E-state index in [1.165, 1.54) is 4.31 Å². The number of hydrogen-bond donors (Lipinski definition) is 1. The Morgan fingerprint density at radius 1 is 0.958 bits per heavy atom. The topological polar surface area (TPSA) is 49.4 Å². The van der Waals surface area contributed by atoms with E-state index in [2.05, 4.69) is 11.6 Å². The first-order chi connectivity index (χ1) is 11.5. The number of rotatable bonds is 9. The molecule has 2 aromatic carbocycles. The molecular weight excluding hydrogens is 320 g/mol. The molecule has 0 atom stereocenters. The molecule has 0 aliphatic rings. The lowest BCUT2D eigenvalue weighted by Gasteiger charge is -2.22. The molecule has 1 N–H and O–H groups in total. The van der Waals surface area contributed by atoms with Gasteiger partial charge in [0, 0.05) is 26.1 Å². The van der Waals surface area contributed by atoms with Gasteiger partial charge in [-0.3, -0.25) is 0 Å². The van der Waals surface area contributed by atoms with Gasteiger partial charge >= 0.3 is 0 Å². The van der Waals surface area contributed by atoms with Crippen LogP contribution in [0.25, 0.3) is 0 Å².